The maximum atomic E-state index is 13.9. The normalized spacial score (nSPS) is 15.0. The van der Waals surface area contributed by atoms with Crippen LogP contribution in [0.25, 0.3) is 21.9 Å². The highest BCUT2D eigenvalue weighted by atomic mass is 32.1. The third kappa shape index (κ3) is 4.84. The minimum Gasteiger partial charge on any atom is -0.454 e. The van der Waals surface area contributed by atoms with Crippen molar-refractivity contribution in [3.8, 4) is 28.4 Å². The number of para-hydroxylation sites is 1. The van der Waals surface area contributed by atoms with Crippen molar-refractivity contribution in [1.82, 2.24) is 29.0 Å². The lowest BCUT2D eigenvalue weighted by Crippen LogP contribution is -2.48. The Bertz CT molecular complexity index is 1850. The lowest BCUT2D eigenvalue weighted by atomic mass is 10.1. The summed E-state index contributed by atoms with van der Waals surface area (Å²) in [6.45, 7) is 7.68. The van der Waals surface area contributed by atoms with Crippen LogP contribution >= 0.6 is 11.3 Å². The predicted molar refractivity (Wildman–Crippen MR) is 159 cm³/mol. The van der Waals surface area contributed by atoms with E-state index in [9.17, 15) is 9.59 Å². The van der Waals surface area contributed by atoms with Crippen molar-refractivity contribution < 1.29 is 14.3 Å². The van der Waals surface area contributed by atoms with Gasteiger partial charge in [-0.15, -0.1) is 11.3 Å². The Kier molecular flexibility index (Phi) is 6.75. The molecule has 2 aromatic carbocycles. The van der Waals surface area contributed by atoms with Crippen LogP contribution in [0.5, 0.6) is 11.5 Å². The number of fused-ring (bicyclic) bond motifs is 2. The van der Waals surface area contributed by atoms with Gasteiger partial charge in [0.05, 0.1) is 23.4 Å². The highest BCUT2D eigenvalue weighted by Crippen LogP contribution is 2.33. The van der Waals surface area contributed by atoms with Crippen LogP contribution in [0.1, 0.15) is 22.6 Å². The first-order valence-corrected chi connectivity index (χ1v) is 14.8. The second kappa shape index (κ2) is 10.7. The number of amides is 1. The molecule has 11 heteroatoms. The first-order chi connectivity index (χ1) is 20.4. The van der Waals surface area contributed by atoms with Gasteiger partial charge in [-0.3, -0.25) is 18.9 Å². The van der Waals surface area contributed by atoms with Crippen molar-refractivity contribution in [1.29, 1.82) is 0 Å². The van der Waals surface area contributed by atoms with Crippen LogP contribution < -0.4 is 15.0 Å². The van der Waals surface area contributed by atoms with Gasteiger partial charge in [0, 0.05) is 49.5 Å². The van der Waals surface area contributed by atoms with Crippen molar-refractivity contribution in [2.24, 2.45) is 0 Å². The standard InChI is InChI=1S/C31H30N6O4S/c1-20-14-25(33-37(20)23-6-4-3-5-7-23)29-21(2)32-31-36(30(29)39)24(18-42-31)16-28(38)35-12-10-34(11-13-35)17-22-8-9-26-27(15-22)41-19-40-26/h3-9,14-15,18H,10-13,16-17,19H2,1-2H3. The van der Waals surface area contributed by atoms with E-state index in [1.165, 1.54) is 11.3 Å². The minimum atomic E-state index is -0.201. The Balaban J connectivity index is 1.07. The molecule has 5 aromatic rings. The number of ether oxygens (including phenoxy) is 2. The molecule has 42 heavy (non-hydrogen) atoms. The van der Waals surface area contributed by atoms with Gasteiger partial charge in [0.15, 0.2) is 16.5 Å². The summed E-state index contributed by atoms with van der Waals surface area (Å²) in [5.41, 5.74) is 5.09. The van der Waals surface area contributed by atoms with E-state index in [2.05, 4.69) is 11.0 Å². The van der Waals surface area contributed by atoms with Gasteiger partial charge in [-0.25, -0.2) is 9.67 Å². The largest absolute Gasteiger partial charge is 0.454 e. The molecule has 0 unspecified atom stereocenters. The highest BCUT2D eigenvalue weighted by Gasteiger charge is 2.25. The highest BCUT2D eigenvalue weighted by molar-refractivity contribution is 7.15. The number of piperazine rings is 1. The van der Waals surface area contributed by atoms with E-state index in [1.807, 2.05) is 77.3 Å². The number of aryl methyl sites for hydroxylation is 2. The molecule has 0 atom stereocenters. The van der Waals surface area contributed by atoms with Gasteiger partial charge in [0.2, 0.25) is 12.7 Å². The number of carbonyl (C=O) groups excluding carboxylic acids is 1. The Morgan fingerprint density at radius 2 is 1.76 bits per heavy atom. The van der Waals surface area contributed by atoms with Gasteiger partial charge < -0.3 is 14.4 Å². The van der Waals surface area contributed by atoms with Gasteiger partial charge in [0.25, 0.3) is 5.56 Å². The van der Waals surface area contributed by atoms with Crippen LogP contribution in [0.2, 0.25) is 0 Å². The molecule has 0 spiro atoms. The smallest absolute Gasteiger partial charge is 0.268 e. The molecule has 0 saturated carbocycles. The number of hydrogen-bond donors (Lipinski definition) is 0. The maximum absolute atomic E-state index is 13.9. The molecule has 3 aromatic heterocycles. The Hall–Kier alpha value is -4.48. The molecule has 1 saturated heterocycles. The van der Waals surface area contributed by atoms with E-state index in [4.69, 9.17) is 19.6 Å². The molecule has 7 rings (SSSR count). The van der Waals surface area contributed by atoms with Crippen molar-refractivity contribution in [3.05, 3.63) is 93.0 Å². The second-order valence-electron chi connectivity index (χ2n) is 10.7. The van der Waals surface area contributed by atoms with E-state index in [-0.39, 0.29) is 24.7 Å². The molecular formula is C31H30N6O4S. The Labute approximate surface area is 246 Å². The van der Waals surface area contributed by atoms with Crippen molar-refractivity contribution in [2.45, 2.75) is 26.8 Å². The average molecular weight is 583 g/mol. The lowest BCUT2D eigenvalue weighted by Gasteiger charge is -2.34. The number of benzene rings is 2. The van der Waals surface area contributed by atoms with Crippen LogP contribution in [0.4, 0.5) is 0 Å². The fourth-order valence-corrected chi connectivity index (χ4v) is 6.60. The van der Waals surface area contributed by atoms with Crippen LogP contribution in [0, 0.1) is 13.8 Å². The maximum Gasteiger partial charge on any atom is 0.268 e. The van der Waals surface area contributed by atoms with Crippen molar-refractivity contribution in [3.63, 3.8) is 0 Å². The first-order valence-electron chi connectivity index (χ1n) is 14.0. The zero-order valence-corrected chi connectivity index (χ0v) is 24.3. The zero-order chi connectivity index (χ0) is 28.8. The summed E-state index contributed by atoms with van der Waals surface area (Å²) in [5.74, 6) is 1.58. The molecule has 0 radical (unpaired) electrons. The van der Waals surface area contributed by atoms with E-state index >= 15 is 0 Å². The zero-order valence-electron chi connectivity index (χ0n) is 23.4. The summed E-state index contributed by atoms with van der Waals surface area (Å²) in [6.07, 6.45) is 0.143. The summed E-state index contributed by atoms with van der Waals surface area (Å²) < 4.78 is 14.3. The van der Waals surface area contributed by atoms with Crippen LogP contribution in [-0.4, -0.2) is 67.8 Å². The van der Waals surface area contributed by atoms with Crippen LogP contribution in [0.3, 0.4) is 0 Å². The van der Waals surface area contributed by atoms with E-state index in [1.54, 1.807) is 4.40 Å². The number of hydrogen-bond acceptors (Lipinski definition) is 8. The SMILES string of the molecule is Cc1nc2scc(CC(=O)N3CCN(Cc4ccc5c(c4)OCO5)CC3)n2c(=O)c1-c1cc(C)n(-c2ccccc2)n1. The molecule has 10 nitrogen and oxygen atoms in total. The third-order valence-electron chi connectivity index (χ3n) is 7.87. The molecule has 0 aliphatic carbocycles. The quantitative estimate of drug-likeness (QED) is 0.300. The molecule has 2 aliphatic heterocycles. The second-order valence-corrected chi connectivity index (χ2v) is 11.5. The molecule has 214 valence electrons. The Morgan fingerprint density at radius 1 is 0.976 bits per heavy atom. The Morgan fingerprint density at radius 3 is 2.57 bits per heavy atom. The van der Waals surface area contributed by atoms with Crippen LogP contribution in [-0.2, 0) is 17.8 Å². The molecule has 1 fully saturated rings. The summed E-state index contributed by atoms with van der Waals surface area (Å²) in [6, 6.07) is 17.8. The third-order valence-corrected chi connectivity index (χ3v) is 8.74. The molecular weight excluding hydrogens is 552 g/mol. The van der Waals surface area contributed by atoms with E-state index < -0.39 is 0 Å². The number of rotatable bonds is 6. The fourth-order valence-electron chi connectivity index (χ4n) is 5.67. The minimum absolute atomic E-state index is 0.00987. The van der Waals surface area contributed by atoms with Gasteiger partial charge in [-0.2, -0.15) is 5.10 Å². The summed E-state index contributed by atoms with van der Waals surface area (Å²) in [4.78, 5) is 36.8. The number of carbonyl (C=O) groups is 1. The number of aromatic nitrogens is 4. The summed E-state index contributed by atoms with van der Waals surface area (Å²) in [5, 5.41) is 6.62. The number of nitrogens with zero attached hydrogens (tertiary/aromatic N) is 6. The van der Waals surface area contributed by atoms with Gasteiger partial charge in [-0.05, 0) is 49.7 Å². The molecule has 0 bridgehead atoms. The molecule has 2 aliphatic rings. The van der Waals surface area contributed by atoms with E-state index in [0.717, 1.165) is 48.1 Å². The fraction of sp³-hybridized carbons (Fsp3) is 0.290. The van der Waals surface area contributed by atoms with Gasteiger partial charge in [0.1, 0.15) is 5.69 Å². The number of thiazole rings is 1. The first kappa shape index (κ1) is 26.4. The molecule has 0 N–H and O–H groups in total. The van der Waals surface area contributed by atoms with Gasteiger partial charge in [-0.1, -0.05) is 24.3 Å². The van der Waals surface area contributed by atoms with Crippen LogP contribution in [0.15, 0.2) is 64.8 Å². The lowest BCUT2D eigenvalue weighted by molar-refractivity contribution is -0.132. The molecule has 5 heterocycles. The van der Waals surface area contributed by atoms with Crippen molar-refractivity contribution >= 4 is 22.2 Å². The predicted octanol–water partition coefficient (Wildman–Crippen LogP) is 3.84. The van der Waals surface area contributed by atoms with E-state index in [0.29, 0.717) is 40.7 Å². The topological polar surface area (TPSA) is 94.2 Å². The summed E-state index contributed by atoms with van der Waals surface area (Å²) in [7, 11) is 0. The summed E-state index contributed by atoms with van der Waals surface area (Å²) >= 11 is 1.38. The molecule has 1 amide bonds. The van der Waals surface area contributed by atoms with Crippen molar-refractivity contribution in [2.75, 3.05) is 33.0 Å². The monoisotopic (exact) mass is 582 g/mol. The average Bonchev–Trinajstić information content (AvgIpc) is 3.72. The van der Waals surface area contributed by atoms with Gasteiger partial charge >= 0.3 is 0 Å².